The first kappa shape index (κ1) is 10.4. The number of nitrogen functional groups attached to an aromatic ring is 1. The summed E-state index contributed by atoms with van der Waals surface area (Å²) >= 11 is 2.83. The fourth-order valence-electron chi connectivity index (χ4n) is 1.06. The van der Waals surface area contributed by atoms with E-state index in [0.717, 1.165) is 10.5 Å². The number of anilines is 1. The van der Waals surface area contributed by atoms with E-state index in [4.69, 9.17) is 5.73 Å². The number of carbonyl (C=O) groups is 1. The molecule has 2 N–H and O–H groups in total. The van der Waals surface area contributed by atoms with Gasteiger partial charge in [0.1, 0.15) is 9.88 Å². The highest BCUT2D eigenvalue weighted by Gasteiger charge is 2.18. The van der Waals surface area contributed by atoms with Crippen molar-refractivity contribution < 1.29 is 9.53 Å². The molecule has 5 heteroatoms. The molecule has 0 saturated heterocycles. The number of ether oxygens (including phenoxy) is 1. The summed E-state index contributed by atoms with van der Waals surface area (Å²) in [6.45, 7) is 1.88. The second-order valence-electron chi connectivity index (χ2n) is 2.45. The fraction of sp³-hybridized carbons (Fsp3) is 0.375. The van der Waals surface area contributed by atoms with Gasteiger partial charge in [-0.25, -0.2) is 4.79 Å². The molecule has 3 nitrogen and oxygen atoms in total. The first-order valence-electron chi connectivity index (χ1n) is 3.63. The number of rotatable bonds is 2. The van der Waals surface area contributed by atoms with Crippen LogP contribution in [-0.4, -0.2) is 19.3 Å². The third-order valence-electron chi connectivity index (χ3n) is 1.69. The maximum Gasteiger partial charge on any atom is 0.348 e. The molecular formula is C8H11NO2S2. The van der Waals surface area contributed by atoms with Crippen molar-refractivity contribution in [1.82, 2.24) is 0 Å². The van der Waals surface area contributed by atoms with Crippen LogP contribution in [0.1, 0.15) is 15.2 Å². The van der Waals surface area contributed by atoms with E-state index in [1.165, 1.54) is 18.4 Å². The number of hydrogen-bond donors (Lipinski definition) is 1. The van der Waals surface area contributed by atoms with Crippen LogP contribution >= 0.6 is 23.1 Å². The van der Waals surface area contributed by atoms with Crippen LogP contribution in [0, 0.1) is 6.92 Å². The predicted octanol–water partition coefficient (Wildman–Crippen LogP) is 2.15. The van der Waals surface area contributed by atoms with Crippen molar-refractivity contribution in [2.75, 3.05) is 19.1 Å². The Morgan fingerprint density at radius 1 is 1.62 bits per heavy atom. The third kappa shape index (κ3) is 1.81. The lowest BCUT2D eigenvalue weighted by molar-refractivity contribution is 0.0605. The van der Waals surface area contributed by atoms with Gasteiger partial charge in [0.05, 0.1) is 7.11 Å². The Balaban J connectivity index is 3.18. The van der Waals surface area contributed by atoms with E-state index in [0.29, 0.717) is 9.88 Å². The van der Waals surface area contributed by atoms with Gasteiger partial charge in [-0.1, -0.05) is 0 Å². The Kier molecular flexibility index (Phi) is 3.22. The Morgan fingerprint density at radius 3 is 2.62 bits per heavy atom. The van der Waals surface area contributed by atoms with Crippen LogP contribution < -0.4 is 5.73 Å². The SMILES string of the molecule is COC(=O)c1sc(N)c(SC)c1C. The molecule has 1 rings (SSSR count). The molecule has 0 fully saturated rings. The molecule has 1 heterocycles. The molecular weight excluding hydrogens is 206 g/mol. The van der Waals surface area contributed by atoms with Crippen molar-refractivity contribution in [3.8, 4) is 0 Å². The molecule has 0 saturated carbocycles. The summed E-state index contributed by atoms with van der Waals surface area (Å²) in [7, 11) is 1.37. The molecule has 13 heavy (non-hydrogen) atoms. The molecule has 0 radical (unpaired) electrons. The zero-order valence-electron chi connectivity index (χ0n) is 7.71. The second kappa shape index (κ2) is 4.02. The molecule has 0 spiro atoms. The molecule has 1 aromatic heterocycles. The van der Waals surface area contributed by atoms with Crippen LogP contribution in [0.5, 0.6) is 0 Å². The molecule has 0 aliphatic rings. The molecule has 0 aliphatic carbocycles. The first-order valence-corrected chi connectivity index (χ1v) is 5.67. The van der Waals surface area contributed by atoms with Crippen molar-refractivity contribution >= 4 is 34.1 Å². The summed E-state index contributed by atoms with van der Waals surface area (Å²) in [6.07, 6.45) is 1.94. The summed E-state index contributed by atoms with van der Waals surface area (Å²) in [5, 5.41) is 0.686. The lowest BCUT2D eigenvalue weighted by atomic mass is 10.3. The van der Waals surface area contributed by atoms with Gasteiger partial charge in [-0.2, -0.15) is 0 Å². The standard InChI is InChI=1S/C8H11NO2S2/c1-4-5(12-3)7(9)13-6(4)8(10)11-2/h9H2,1-3H3. The largest absolute Gasteiger partial charge is 0.465 e. The molecule has 0 unspecified atom stereocenters. The lowest BCUT2D eigenvalue weighted by Crippen LogP contribution is -1.99. The van der Waals surface area contributed by atoms with Crippen molar-refractivity contribution in [3.63, 3.8) is 0 Å². The zero-order chi connectivity index (χ0) is 10.0. The number of thioether (sulfide) groups is 1. The van der Waals surface area contributed by atoms with E-state index in [9.17, 15) is 4.79 Å². The van der Waals surface area contributed by atoms with Crippen molar-refractivity contribution in [3.05, 3.63) is 10.4 Å². The third-order valence-corrected chi connectivity index (χ3v) is 3.86. The maximum absolute atomic E-state index is 11.2. The van der Waals surface area contributed by atoms with Crippen LogP contribution in [0.25, 0.3) is 0 Å². The van der Waals surface area contributed by atoms with Crippen molar-refractivity contribution in [2.24, 2.45) is 0 Å². The smallest absolute Gasteiger partial charge is 0.348 e. The summed E-state index contributed by atoms with van der Waals surface area (Å²) in [5.74, 6) is -0.311. The summed E-state index contributed by atoms with van der Waals surface area (Å²) in [5.41, 5.74) is 6.65. The van der Waals surface area contributed by atoms with Crippen LogP contribution in [0.4, 0.5) is 5.00 Å². The van der Waals surface area contributed by atoms with Gasteiger partial charge in [0.2, 0.25) is 0 Å². The zero-order valence-corrected chi connectivity index (χ0v) is 9.34. The van der Waals surface area contributed by atoms with E-state index >= 15 is 0 Å². The average molecular weight is 217 g/mol. The summed E-state index contributed by atoms with van der Waals surface area (Å²) < 4.78 is 4.64. The van der Waals surface area contributed by atoms with Crippen LogP contribution in [0.15, 0.2) is 4.90 Å². The highest BCUT2D eigenvalue weighted by Crippen LogP contribution is 2.36. The lowest BCUT2D eigenvalue weighted by Gasteiger charge is -1.97. The molecule has 0 amide bonds. The number of thiophene rings is 1. The first-order chi connectivity index (χ1) is 6.11. The number of esters is 1. The Labute approximate surface area is 85.3 Å². The Morgan fingerprint density at radius 2 is 2.23 bits per heavy atom. The fourth-order valence-corrected chi connectivity index (χ4v) is 3.00. The van der Waals surface area contributed by atoms with E-state index in [-0.39, 0.29) is 5.97 Å². The van der Waals surface area contributed by atoms with Gasteiger partial charge in [-0.05, 0) is 18.7 Å². The van der Waals surface area contributed by atoms with E-state index in [1.54, 1.807) is 11.8 Å². The van der Waals surface area contributed by atoms with E-state index in [2.05, 4.69) is 4.74 Å². The van der Waals surface area contributed by atoms with Gasteiger partial charge in [0.25, 0.3) is 0 Å². The van der Waals surface area contributed by atoms with Crippen LogP contribution in [0.2, 0.25) is 0 Å². The quantitative estimate of drug-likeness (QED) is 0.609. The second-order valence-corrected chi connectivity index (χ2v) is 4.31. The van der Waals surface area contributed by atoms with Crippen molar-refractivity contribution in [2.45, 2.75) is 11.8 Å². The van der Waals surface area contributed by atoms with Gasteiger partial charge >= 0.3 is 5.97 Å². The van der Waals surface area contributed by atoms with Crippen LogP contribution in [0.3, 0.4) is 0 Å². The molecule has 0 atom stereocenters. The summed E-state index contributed by atoms with van der Waals surface area (Å²) in [6, 6.07) is 0. The molecule has 0 aliphatic heterocycles. The molecule has 0 bridgehead atoms. The van der Waals surface area contributed by atoms with E-state index < -0.39 is 0 Å². The normalized spacial score (nSPS) is 10.1. The minimum Gasteiger partial charge on any atom is -0.465 e. The van der Waals surface area contributed by atoms with Crippen LogP contribution in [-0.2, 0) is 4.74 Å². The van der Waals surface area contributed by atoms with Gasteiger partial charge in [-0.3, -0.25) is 0 Å². The average Bonchev–Trinajstić information content (AvgIpc) is 2.40. The number of carbonyl (C=O) groups excluding carboxylic acids is 1. The number of hydrogen-bond acceptors (Lipinski definition) is 5. The molecule has 0 aromatic carbocycles. The Hall–Kier alpha value is -0.680. The monoisotopic (exact) mass is 217 g/mol. The highest BCUT2D eigenvalue weighted by molar-refractivity contribution is 7.99. The molecule has 1 aromatic rings. The topological polar surface area (TPSA) is 52.3 Å². The minimum absolute atomic E-state index is 0.311. The van der Waals surface area contributed by atoms with Gasteiger partial charge in [0.15, 0.2) is 0 Å². The van der Waals surface area contributed by atoms with Crippen molar-refractivity contribution in [1.29, 1.82) is 0 Å². The summed E-state index contributed by atoms with van der Waals surface area (Å²) in [4.78, 5) is 12.8. The van der Waals surface area contributed by atoms with Gasteiger partial charge < -0.3 is 10.5 Å². The number of nitrogens with two attached hydrogens (primary N) is 1. The highest BCUT2D eigenvalue weighted by atomic mass is 32.2. The number of methoxy groups -OCH3 is 1. The van der Waals surface area contributed by atoms with E-state index in [1.807, 2.05) is 13.2 Å². The van der Waals surface area contributed by atoms with Gasteiger partial charge in [0, 0.05) is 4.90 Å². The maximum atomic E-state index is 11.2. The van der Waals surface area contributed by atoms with Gasteiger partial charge in [-0.15, -0.1) is 23.1 Å². The predicted molar refractivity (Wildman–Crippen MR) is 56.6 cm³/mol. The minimum atomic E-state index is -0.311. The molecule has 72 valence electrons. The Bertz CT molecular complexity index is 333.